The molecule has 0 aliphatic heterocycles. The molecule has 0 amide bonds. The van der Waals surface area contributed by atoms with E-state index in [0.29, 0.717) is 11.1 Å². The first-order chi connectivity index (χ1) is 9.59. The Morgan fingerprint density at radius 1 is 1.00 bits per heavy atom. The van der Waals surface area contributed by atoms with Crippen LogP contribution < -0.4 is 0 Å². The van der Waals surface area contributed by atoms with Gasteiger partial charge in [0.1, 0.15) is 0 Å². The summed E-state index contributed by atoms with van der Waals surface area (Å²) in [7, 11) is 0. The minimum Gasteiger partial charge on any atom is -0.478 e. The molecule has 0 unspecified atom stereocenters. The molecule has 0 fully saturated rings. The first-order valence-electron chi connectivity index (χ1n) is 5.83. The van der Waals surface area contributed by atoms with Crippen LogP contribution in [-0.2, 0) is 0 Å². The summed E-state index contributed by atoms with van der Waals surface area (Å²) >= 11 is 0. The third-order valence-corrected chi connectivity index (χ3v) is 2.77. The smallest absolute Gasteiger partial charge is 0.336 e. The number of rotatable bonds is 4. The minimum atomic E-state index is -1.03. The Morgan fingerprint density at radius 2 is 1.55 bits per heavy atom. The van der Waals surface area contributed by atoms with E-state index < -0.39 is 10.9 Å². The normalized spacial score (nSPS) is 10.6. The Hall–Kier alpha value is -2.95. The molecule has 5 nitrogen and oxygen atoms in total. The lowest BCUT2D eigenvalue weighted by atomic mass is 10.1. The van der Waals surface area contributed by atoms with Crippen molar-refractivity contribution in [1.82, 2.24) is 0 Å². The van der Waals surface area contributed by atoms with Gasteiger partial charge in [-0.05, 0) is 23.8 Å². The molecule has 0 spiro atoms. The Balaban J connectivity index is 2.40. The molecule has 1 N–H and O–H groups in total. The van der Waals surface area contributed by atoms with E-state index in [1.165, 1.54) is 12.1 Å². The maximum absolute atomic E-state index is 11.1. The number of para-hydroxylation sites is 1. The molecule has 0 radical (unpaired) electrons. The van der Waals surface area contributed by atoms with Gasteiger partial charge >= 0.3 is 5.97 Å². The van der Waals surface area contributed by atoms with Gasteiger partial charge < -0.3 is 5.11 Å². The maximum atomic E-state index is 11.1. The lowest BCUT2D eigenvalue weighted by molar-refractivity contribution is -0.385. The number of carbonyl (C=O) groups is 1. The molecule has 0 saturated heterocycles. The van der Waals surface area contributed by atoms with Crippen LogP contribution in [0.2, 0.25) is 0 Å². The summed E-state index contributed by atoms with van der Waals surface area (Å²) in [5.41, 5.74) is 1.06. The van der Waals surface area contributed by atoms with E-state index in [2.05, 4.69) is 0 Å². The van der Waals surface area contributed by atoms with E-state index in [4.69, 9.17) is 5.11 Å². The molecular weight excluding hydrogens is 258 g/mol. The van der Waals surface area contributed by atoms with E-state index in [9.17, 15) is 14.9 Å². The molecule has 0 saturated carbocycles. The van der Waals surface area contributed by atoms with Gasteiger partial charge in [0.15, 0.2) is 0 Å². The van der Waals surface area contributed by atoms with Crippen LogP contribution in [0.3, 0.4) is 0 Å². The van der Waals surface area contributed by atoms with Crippen LogP contribution in [0, 0.1) is 10.1 Å². The summed E-state index contributed by atoms with van der Waals surface area (Å²) in [5, 5.41) is 19.9. The van der Waals surface area contributed by atoms with Crippen LogP contribution in [0.15, 0.2) is 48.5 Å². The SMILES string of the molecule is O=C(O)c1ccccc1C=Cc1ccccc1[N+](=O)[O-]. The quantitative estimate of drug-likeness (QED) is 0.523. The van der Waals surface area contributed by atoms with Gasteiger partial charge in [-0.25, -0.2) is 4.79 Å². The number of nitro groups is 1. The molecule has 0 aliphatic carbocycles. The highest BCUT2D eigenvalue weighted by Gasteiger charge is 2.10. The third kappa shape index (κ3) is 2.89. The molecule has 20 heavy (non-hydrogen) atoms. The lowest BCUT2D eigenvalue weighted by Crippen LogP contribution is -1.98. The number of aromatic carboxylic acids is 1. The maximum Gasteiger partial charge on any atom is 0.336 e. The summed E-state index contributed by atoms with van der Waals surface area (Å²) in [5.74, 6) is -1.03. The van der Waals surface area contributed by atoms with Crippen molar-refractivity contribution < 1.29 is 14.8 Å². The van der Waals surface area contributed by atoms with Gasteiger partial charge in [-0.15, -0.1) is 0 Å². The second kappa shape index (κ2) is 5.79. The van der Waals surface area contributed by atoms with Crippen molar-refractivity contribution in [1.29, 1.82) is 0 Å². The third-order valence-electron chi connectivity index (χ3n) is 2.77. The number of hydrogen-bond donors (Lipinski definition) is 1. The van der Waals surface area contributed by atoms with Crippen LogP contribution >= 0.6 is 0 Å². The number of nitrogens with zero attached hydrogens (tertiary/aromatic N) is 1. The fraction of sp³-hybridized carbons (Fsp3) is 0. The van der Waals surface area contributed by atoms with Gasteiger partial charge in [0.05, 0.1) is 16.1 Å². The topological polar surface area (TPSA) is 80.4 Å². The lowest BCUT2D eigenvalue weighted by Gasteiger charge is -2.00. The number of carboxylic acid groups (broad SMARTS) is 1. The predicted octanol–water partition coefficient (Wildman–Crippen LogP) is 3.46. The minimum absolute atomic E-state index is 0.0171. The summed E-state index contributed by atoms with van der Waals surface area (Å²) in [6, 6.07) is 12.8. The first-order valence-corrected chi connectivity index (χ1v) is 5.83. The highest BCUT2D eigenvalue weighted by molar-refractivity contribution is 5.93. The Morgan fingerprint density at radius 3 is 2.20 bits per heavy atom. The van der Waals surface area contributed by atoms with Crippen molar-refractivity contribution in [2.45, 2.75) is 0 Å². The number of nitro benzene ring substituents is 1. The second-order valence-corrected chi connectivity index (χ2v) is 4.04. The zero-order valence-electron chi connectivity index (χ0n) is 10.4. The van der Waals surface area contributed by atoms with Gasteiger partial charge in [-0.1, -0.05) is 36.4 Å². The zero-order chi connectivity index (χ0) is 14.5. The van der Waals surface area contributed by atoms with E-state index in [0.717, 1.165) is 0 Å². The van der Waals surface area contributed by atoms with E-state index in [1.807, 2.05) is 0 Å². The van der Waals surface area contributed by atoms with Gasteiger partial charge in [0, 0.05) is 6.07 Å². The molecule has 0 aromatic heterocycles. The number of benzene rings is 2. The van der Waals surface area contributed by atoms with Gasteiger partial charge in [-0.3, -0.25) is 10.1 Å². The molecule has 2 rings (SSSR count). The van der Waals surface area contributed by atoms with E-state index >= 15 is 0 Å². The zero-order valence-corrected chi connectivity index (χ0v) is 10.4. The fourth-order valence-electron chi connectivity index (χ4n) is 1.81. The second-order valence-electron chi connectivity index (χ2n) is 4.04. The average molecular weight is 269 g/mol. The van der Waals surface area contributed by atoms with Crippen LogP contribution in [0.25, 0.3) is 12.2 Å². The average Bonchev–Trinajstić information content (AvgIpc) is 2.45. The van der Waals surface area contributed by atoms with Crippen molar-refractivity contribution in [2.24, 2.45) is 0 Å². The van der Waals surface area contributed by atoms with Gasteiger partial charge in [-0.2, -0.15) is 0 Å². The molecule has 2 aromatic rings. The van der Waals surface area contributed by atoms with Crippen molar-refractivity contribution >= 4 is 23.8 Å². The van der Waals surface area contributed by atoms with E-state index in [-0.39, 0.29) is 11.3 Å². The van der Waals surface area contributed by atoms with Crippen molar-refractivity contribution in [2.75, 3.05) is 0 Å². The first kappa shape index (κ1) is 13.5. The van der Waals surface area contributed by atoms with E-state index in [1.54, 1.807) is 48.6 Å². The molecule has 0 atom stereocenters. The Kier molecular flexibility index (Phi) is 3.91. The predicted molar refractivity (Wildman–Crippen MR) is 75.4 cm³/mol. The molecule has 2 aromatic carbocycles. The highest BCUT2D eigenvalue weighted by Crippen LogP contribution is 2.21. The van der Waals surface area contributed by atoms with Crippen molar-refractivity contribution in [3.63, 3.8) is 0 Å². The number of carboxylic acids is 1. The molecule has 100 valence electrons. The summed E-state index contributed by atoms with van der Waals surface area (Å²) in [6.07, 6.45) is 3.10. The molecule has 5 heteroatoms. The van der Waals surface area contributed by atoms with Crippen molar-refractivity contribution in [3.8, 4) is 0 Å². The largest absolute Gasteiger partial charge is 0.478 e. The van der Waals surface area contributed by atoms with Crippen LogP contribution in [0.1, 0.15) is 21.5 Å². The monoisotopic (exact) mass is 269 g/mol. The number of hydrogen-bond acceptors (Lipinski definition) is 3. The summed E-state index contributed by atoms with van der Waals surface area (Å²) in [4.78, 5) is 21.5. The molecule has 0 heterocycles. The summed E-state index contributed by atoms with van der Waals surface area (Å²) < 4.78 is 0. The van der Waals surface area contributed by atoms with Crippen LogP contribution in [-0.4, -0.2) is 16.0 Å². The van der Waals surface area contributed by atoms with Crippen molar-refractivity contribution in [3.05, 3.63) is 75.3 Å². The molecule has 0 aliphatic rings. The highest BCUT2D eigenvalue weighted by atomic mass is 16.6. The molecular formula is C15H11NO4. The Bertz CT molecular complexity index is 632. The fourth-order valence-corrected chi connectivity index (χ4v) is 1.81. The van der Waals surface area contributed by atoms with Crippen LogP contribution in [0.4, 0.5) is 5.69 Å². The van der Waals surface area contributed by atoms with Gasteiger partial charge in [0.2, 0.25) is 0 Å². The van der Waals surface area contributed by atoms with Gasteiger partial charge in [0.25, 0.3) is 5.69 Å². The van der Waals surface area contributed by atoms with Crippen LogP contribution in [0.5, 0.6) is 0 Å². The Labute approximate surface area is 115 Å². The molecule has 0 bridgehead atoms. The standard InChI is InChI=1S/C15H11NO4/c17-15(18)13-7-3-1-5-11(13)9-10-12-6-2-4-8-14(12)16(19)20/h1-10H,(H,17,18). The summed E-state index contributed by atoms with van der Waals surface area (Å²) in [6.45, 7) is 0.